The highest BCUT2D eigenvalue weighted by Crippen LogP contribution is 2.19. The molecule has 15 heavy (non-hydrogen) atoms. The number of hydrogen-bond donors (Lipinski definition) is 0. The first-order chi connectivity index (χ1) is 7.20. The Hall–Kier alpha value is -1.90. The van der Waals surface area contributed by atoms with Gasteiger partial charge in [0, 0.05) is 25.2 Å². The van der Waals surface area contributed by atoms with Crippen LogP contribution < -0.4 is 4.90 Å². The van der Waals surface area contributed by atoms with Crippen LogP contribution >= 0.6 is 0 Å². The van der Waals surface area contributed by atoms with Crippen molar-refractivity contribution in [2.45, 2.75) is 0 Å². The van der Waals surface area contributed by atoms with Gasteiger partial charge in [-0.15, -0.1) is 0 Å². The predicted molar refractivity (Wildman–Crippen MR) is 61.5 cm³/mol. The van der Waals surface area contributed by atoms with Crippen LogP contribution in [0.4, 0.5) is 5.69 Å². The van der Waals surface area contributed by atoms with Crippen molar-refractivity contribution in [3.05, 3.63) is 36.0 Å². The van der Waals surface area contributed by atoms with Crippen LogP contribution in [-0.2, 0) is 0 Å². The summed E-state index contributed by atoms with van der Waals surface area (Å²) in [6.07, 6.45) is 0.766. The summed E-state index contributed by atoms with van der Waals surface area (Å²) in [5.41, 5.74) is 2.40. The summed E-state index contributed by atoms with van der Waals surface area (Å²) in [7, 11) is 3.95. The normalized spacial score (nSPS) is 10.3. The van der Waals surface area contributed by atoms with E-state index in [9.17, 15) is 4.79 Å². The molecule has 1 heterocycles. The minimum Gasteiger partial charge on any atom is -0.378 e. The quantitative estimate of drug-likeness (QED) is 0.696. The lowest BCUT2D eigenvalue weighted by Gasteiger charge is -2.12. The van der Waals surface area contributed by atoms with Crippen molar-refractivity contribution in [2.75, 3.05) is 19.0 Å². The Morgan fingerprint density at radius 3 is 2.60 bits per heavy atom. The molecule has 0 atom stereocenters. The van der Waals surface area contributed by atoms with Gasteiger partial charge < -0.3 is 4.90 Å². The third kappa shape index (κ3) is 1.81. The topological polar surface area (TPSA) is 33.2 Å². The second-order valence-corrected chi connectivity index (χ2v) is 3.63. The molecule has 0 aliphatic rings. The summed E-state index contributed by atoms with van der Waals surface area (Å²) >= 11 is 0. The van der Waals surface area contributed by atoms with E-state index in [1.165, 1.54) is 0 Å². The van der Waals surface area contributed by atoms with E-state index in [1.54, 1.807) is 6.07 Å². The zero-order valence-corrected chi connectivity index (χ0v) is 8.77. The molecular weight excluding hydrogens is 188 g/mol. The molecule has 2 aromatic rings. The fourth-order valence-electron chi connectivity index (χ4n) is 1.47. The van der Waals surface area contributed by atoms with E-state index < -0.39 is 0 Å². The average Bonchev–Trinajstić information content (AvgIpc) is 2.27. The summed E-state index contributed by atoms with van der Waals surface area (Å²) in [5.74, 6) is 0. The standard InChI is InChI=1S/C12H12N2O/c1-14(2)11-6-4-9-3-5-10(8-15)13-12(9)7-11/h3-8H,1-2H3. The average molecular weight is 200 g/mol. The molecule has 0 N–H and O–H groups in total. The van der Waals surface area contributed by atoms with Gasteiger partial charge in [0.2, 0.25) is 0 Å². The molecule has 0 radical (unpaired) electrons. The van der Waals surface area contributed by atoms with E-state index in [2.05, 4.69) is 4.98 Å². The van der Waals surface area contributed by atoms with Gasteiger partial charge in [-0.25, -0.2) is 4.98 Å². The Bertz CT molecular complexity index is 506. The molecule has 0 unspecified atom stereocenters. The number of carbonyl (C=O) groups is 1. The molecular formula is C12H12N2O. The van der Waals surface area contributed by atoms with E-state index in [4.69, 9.17) is 0 Å². The van der Waals surface area contributed by atoms with Crippen LogP contribution in [0.2, 0.25) is 0 Å². The lowest BCUT2D eigenvalue weighted by atomic mass is 10.2. The van der Waals surface area contributed by atoms with Crippen LogP contribution in [0.1, 0.15) is 10.5 Å². The number of pyridine rings is 1. The number of aromatic nitrogens is 1. The van der Waals surface area contributed by atoms with Crippen molar-refractivity contribution >= 4 is 22.9 Å². The van der Waals surface area contributed by atoms with E-state index in [1.807, 2.05) is 43.3 Å². The van der Waals surface area contributed by atoms with Crippen molar-refractivity contribution in [3.8, 4) is 0 Å². The number of carbonyl (C=O) groups excluding carboxylic acids is 1. The van der Waals surface area contributed by atoms with Gasteiger partial charge in [-0.2, -0.15) is 0 Å². The van der Waals surface area contributed by atoms with Gasteiger partial charge in [0.25, 0.3) is 0 Å². The van der Waals surface area contributed by atoms with Gasteiger partial charge in [0.1, 0.15) is 5.69 Å². The molecule has 0 bridgehead atoms. The smallest absolute Gasteiger partial charge is 0.168 e. The number of benzene rings is 1. The highest BCUT2D eigenvalue weighted by molar-refractivity contribution is 5.85. The van der Waals surface area contributed by atoms with Gasteiger partial charge in [-0.05, 0) is 18.2 Å². The third-order valence-electron chi connectivity index (χ3n) is 2.33. The number of rotatable bonds is 2. The maximum atomic E-state index is 10.6. The molecule has 3 nitrogen and oxygen atoms in total. The highest BCUT2D eigenvalue weighted by Gasteiger charge is 2.00. The van der Waals surface area contributed by atoms with Crippen LogP contribution in [0, 0.1) is 0 Å². The molecule has 0 saturated heterocycles. The lowest BCUT2D eigenvalue weighted by molar-refractivity contribution is 0.111. The van der Waals surface area contributed by atoms with Crippen LogP contribution in [0.3, 0.4) is 0 Å². The fraction of sp³-hybridized carbons (Fsp3) is 0.167. The molecule has 0 fully saturated rings. The maximum Gasteiger partial charge on any atom is 0.168 e. The predicted octanol–water partition coefficient (Wildman–Crippen LogP) is 2.11. The van der Waals surface area contributed by atoms with Crippen LogP contribution in [0.25, 0.3) is 10.9 Å². The van der Waals surface area contributed by atoms with Gasteiger partial charge in [-0.3, -0.25) is 4.79 Å². The highest BCUT2D eigenvalue weighted by atomic mass is 16.1. The number of aldehydes is 1. The van der Waals surface area contributed by atoms with Crippen molar-refractivity contribution in [3.63, 3.8) is 0 Å². The third-order valence-corrected chi connectivity index (χ3v) is 2.33. The van der Waals surface area contributed by atoms with Gasteiger partial charge in [0.05, 0.1) is 5.52 Å². The van der Waals surface area contributed by atoms with Crippen molar-refractivity contribution in [1.29, 1.82) is 0 Å². The van der Waals surface area contributed by atoms with Gasteiger partial charge >= 0.3 is 0 Å². The molecule has 76 valence electrons. The summed E-state index contributed by atoms with van der Waals surface area (Å²) in [6, 6.07) is 9.65. The first kappa shape index (κ1) is 9.65. The van der Waals surface area contributed by atoms with E-state index in [0.29, 0.717) is 5.69 Å². The van der Waals surface area contributed by atoms with E-state index in [-0.39, 0.29) is 0 Å². The van der Waals surface area contributed by atoms with Crippen molar-refractivity contribution < 1.29 is 4.79 Å². The number of fused-ring (bicyclic) bond motifs is 1. The molecule has 0 aliphatic heterocycles. The molecule has 0 spiro atoms. The van der Waals surface area contributed by atoms with Crippen LogP contribution in [-0.4, -0.2) is 25.4 Å². The second kappa shape index (κ2) is 3.69. The van der Waals surface area contributed by atoms with Gasteiger partial charge in [-0.1, -0.05) is 12.1 Å². The monoisotopic (exact) mass is 200 g/mol. The lowest BCUT2D eigenvalue weighted by Crippen LogP contribution is -2.08. The SMILES string of the molecule is CN(C)c1ccc2ccc(C=O)nc2c1. The van der Waals surface area contributed by atoms with Crippen molar-refractivity contribution in [2.24, 2.45) is 0 Å². The maximum absolute atomic E-state index is 10.6. The molecule has 2 rings (SSSR count). The number of anilines is 1. The molecule has 3 heteroatoms. The minimum absolute atomic E-state index is 0.471. The molecule has 0 amide bonds. The Morgan fingerprint density at radius 2 is 1.93 bits per heavy atom. The van der Waals surface area contributed by atoms with E-state index >= 15 is 0 Å². The van der Waals surface area contributed by atoms with Gasteiger partial charge in [0.15, 0.2) is 6.29 Å². The zero-order chi connectivity index (χ0) is 10.8. The fourth-order valence-corrected chi connectivity index (χ4v) is 1.47. The van der Waals surface area contributed by atoms with Crippen LogP contribution in [0.15, 0.2) is 30.3 Å². The second-order valence-electron chi connectivity index (χ2n) is 3.63. The Balaban J connectivity index is 2.62. The first-order valence-electron chi connectivity index (χ1n) is 4.74. The summed E-state index contributed by atoms with van der Waals surface area (Å²) in [5, 5.41) is 1.05. The number of nitrogens with zero attached hydrogens (tertiary/aromatic N) is 2. The summed E-state index contributed by atoms with van der Waals surface area (Å²) in [4.78, 5) is 16.8. The number of hydrogen-bond acceptors (Lipinski definition) is 3. The summed E-state index contributed by atoms with van der Waals surface area (Å²) < 4.78 is 0. The molecule has 0 aliphatic carbocycles. The first-order valence-corrected chi connectivity index (χ1v) is 4.74. The Morgan fingerprint density at radius 1 is 1.20 bits per heavy atom. The molecule has 1 aromatic carbocycles. The largest absolute Gasteiger partial charge is 0.378 e. The molecule has 0 saturated carbocycles. The Kier molecular flexibility index (Phi) is 2.37. The summed E-state index contributed by atoms with van der Waals surface area (Å²) in [6.45, 7) is 0. The zero-order valence-electron chi connectivity index (χ0n) is 8.77. The Labute approximate surface area is 88.3 Å². The van der Waals surface area contributed by atoms with E-state index in [0.717, 1.165) is 22.9 Å². The van der Waals surface area contributed by atoms with Crippen LogP contribution in [0.5, 0.6) is 0 Å². The van der Waals surface area contributed by atoms with Crippen molar-refractivity contribution in [1.82, 2.24) is 4.98 Å². The minimum atomic E-state index is 0.471. The molecule has 1 aromatic heterocycles.